The summed E-state index contributed by atoms with van der Waals surface area (Å²) in [6.45, 7) is 3.61. The standard InChI is InChI=1S/C9H12INO2/c1-3-7(12)6-4-8(10)11-9(13)5(6)2/h4,7,12H,3H2,1-2H3,(H,11,13)/t7-/m0/s1. The average molecular weight is 293 g/mol. The molecule has 0 spiro atoms. The lowest BCUT2D eigenvalue weighted by Crippen LogP contribution is -2.15. The topological polar surface area (TPSA) is 53.1 Å². The Morgan fingerprint density at radius 1 is 1.69 bits per heavy atom. The zero-order chi connectivity index (χ0) is 10.0. The Balaban J connectivity index is 3.28. The summed E-state index contributed by atoms with van der Waals surface area (Å²) in [5, 5.41) is 9.60. The first-order valence-electron chi connectivity index (χ1n) is 4.13. The van der Waals surface area contributed by atoms with Crippen LogP contribution in [-0.2, 0) is 0 Å². The van der Waals surface area contributed by atoms with Crippen molar-refractivity contribution in [2.24, 2.45) is 0 Å². The molecule has 1 aromatic heterocycles. The van der Waals surface area contributed by atoms with E-state index in [0.717, 1.165) is 9.26 Å². The molecule has 1 heterocycles. The lowest BCUT2D eigenvalue weighted by Gasteiger charge is -2.10. The maximum absolute atomic E-state index is 11.3. The number of halogens is 1. The predicted molar refractivity (Wildman–Crippen MR) is 59.8 cm³/mol. The number of nitrogens with one attached hydrogen (secondary N) is 1. The molecule has 0 radical (unpaired) electrons. The van der Waals surface area contributed by atoms with Crippen LogP contribution < -0.4 is 5.56 Å². The maximum atomic E-state index is 11.3. The Hall–Kier alpha value is -0.360. The fraction of sp³-hybridized carbons (Fsp3) is 0.444. The minimum atomic E-state index is -0.532. The Morgan fingerprint density at radius 3 is 2.85 bits per heavy atom. The fourth-order valence-electron chi connectivity index (χ4n) is 1.18. The van der Waals surface area contributed by atoms with Crippen LogP contribution in [0.4, 0.5) is 0 Å². The van der Waals surface area contributed by atoms with Crippen LogP contribution in [0.25, 0.3) is 0 Å². The van der Waals surface area contributed by atoms with Crippen molar-refractivity contribution in [3.8, 4) is 0 Å². The molecule has 0 aliphatic heterocycles. The molecule has 0 unspecified atom stereocenters. The molecule has 1 aromatic rings. The summed E-state index contributed by atoms with van der Waals surface area (Å²) in [6.07, 6.45) is 0.0937. The van der Waals surface area contributed by atoms with E-state index in [2.05, 4.69) is 4.98 Å². The number of aromatic amines is 1. The molecule has 0 fully saturated rings. The van der Waals surface area contributed by atoms with Gasteiger partial charge < -0.3 is 10.1 Å². The fourth-order valence-corrected chi connectivity index (χ4v) is 1.76. The summed E-state index contributed by atoms with van der Waals surface area (Å²) in [5.41, 5.74) is 1.22. The summed E-state index contributed by atoms with van der Waals surface area (Å²) in [6, 6.07) is 1.81. The van der Waals surface area contributed by atoms with E-state index < -0.39 is 6.10 Å². The van der Waals surface area contributed by atoms with Crippen molar-refractivity contribution in [3.63, 3.8) is 0 Å². The maximum Gasteiger partial charge on any atom is 0.252 e. The number of aliphatic hydroxyl groups excluding tert-OH is 1. The SMILES string of the molecule is CC[C@H](O)c1cc(I)[nH]c(=O)c1C. The Kier molecular flexibility index (Phi) is 3.49. The molecule has 0 saturated heterocycles. The molecular formula is C9H12INO2. The van der Waals surface area contributed by atoms with E-state index in [4.69, 9.17) is 0 Å². The summed E-state index contributed by atoms with van der Waals surface area (Å²) in [4.78, 5) is 14.0. The molecular weight excluding hydrogens is 281 g/mol. The van der Waals surface area contributed by atoms with Crippen molar-refractivity contribution < 1.29 is 5.11 Å². The van der Waals surface area contributed by atoms with Crippen molar-refractivity contribution in [3.05, 3.63) is 31.2 Å². The van der Waals surface area contributed by atoms with Crippen LogP contribution in [0.2, 0.25) is 0 Å². The number of aromatic nitrogens is 1. The first kappa shape index (κ1) is 10.7. The summed E-state index contributed by atoms with van der Waals surface area (Å²) >= 11 is 2.03. The molecule has 3 nitrogen and oxygen atoms in total. The molecule has 0 amide bonds. The van der Waals surface area contributed by atoms with Gasteiger partial charge in [-0.25, -0.2) is 0 Å². The Morgan fingerprint density at radius 2 is 2.31 bits per heavy atom. The van der Waals surface area contributed by atoms with Crippen LogP contribution in [0.3, 0.4) is 0 Å². The van der Waals surface area contributed by atoms with E-state index in [9.17, 15) is 9.90 Å². The van der Waals surface area contributed by atoms with Crippen molar-refractivity contribution in [1.29, 1.82) is 0 Å². The first-order valence-corrected chi connectivity index (χ1v) is 5.21. The Bertz CT molecular complexity index is 359. The van der Waals surface area contributed by atoms with Crippen LogP contribution in [0.1, 0.15) is 30.6 Å². The second-order valence-corrected chi connectivity index (χ2v) is 4.11. The number of hydrogen-bond donors (Lipinski definition) is 2. The monoisotopic (exact) mass is 293 g/mol. The second kappa shape index (κ2) is 4.23. The van der Waals surface area contributed by atoms with Crippen LogP contribution in [0, 0.1) is 10.6 Å². The number of H-pyrrole nitrogens is 1. The minimum Gasteiger partial charge on any atom is -0.388 e. The van der Waals surface area contributed by atoms with Crippen LogP contribution in [-0.4, -0.2) is 10.1 Å². The number of pyridine rings is 1. The first-order chi connectivity index (χ1) is 6.06. The largest absolute Gasteiger partial charge is 0.388 e. The smallest absolute Gasteiger partial charge is 0.252 e. The third kappa shape index (κ3) is 2.31. The predicted octanol–water partition coefficient (Wildman–Crippen LogP) is 1.73. The van der Waals surface area contributed by atoms with Gasteiger partial charge in [0, 0.05) is 5.56 Å². The lowest BCUT2D eigenvalue weighted by atomic mass is 10.0. The molecule has 0 aliphatic carbocycles. The van der Waals surface area contributed by atoms with Crippen molar-refractivity contribution in [2.75, 3.05) is 0 Å². The highest BCUT2D eigenvalue weighted by Crippen LogP contribution is 2.18. The van der Waals surface area contributed by atoms with E-state index in [1.165, 1.54) is 0 Å². The van der Waals surface area contributed by atoms with Crippen LogP contribution >= 0.6 is 22.6 Å². The molecule has 0 aromatic carbocycles. The van der Waals surface area contributed by atoms with Crippen LogP contribution in [0.15, 0.2) is 10.9 Å². The van der Waals surface area contributed by atoms with Gasteiger partial charge in [0.2, 0.25) is 0 Å². The molecule has 13 heavy (non-hydrogen) atoms. The van der Waals surface area contributed by atoms with E-state index in [0.29, 0.717) is 12.0 Å². The summed E-state index contributed by atoms with van der Waals surface area (Å²) in [5.74, 6) is 0. The van der Waals surface area contributed by atoms with E-state index in [1.807, 2.05) is 35.6 Å². The second-order valence-electron chi connectivity index (χ2n) is 2.95. The van der Waals surface area contributed by atoms with Gasteiger partial charge >= 0.3 is 0 Å². The van der Waals surface area contributed by atoms with Gasteiger partial charge in [0.05, 0.1) is 9.80 Å². The summed E-state index contributed by atoms with van der Waals surface area (Å²) in [7, 11) is 0. The highest BCUT2D eigenvalue weighted by atomic mass is 127. The van der Waals surface area contributed by atoms with Gasteiger partial charge in [-0.1, -0.05) is 6.92 Å². The molecule has 1 rings (SSSR count). The lowest BCUT2D eigenvalue weighted by molar-refractivity contribution is 0.172. The van der Waals surface area contributed by atoms with Gasteiger partial charge in [0.25, 0.3) is 5.56 Å². The van der Waals surface area contributed by atoms with E-state index in [1.54, 1.807) is 6.92 Å². The van der Waals surface area contributed by atoms with Gasteiger partial charge in [-0.05, 0) is 47.6 Å². The molecule has 0 bridgehead atoms. The highest BCUT2D eigenvalue weighted by Gasteiger charge is 2.11. The van der Waals surface area contributed by atoms with Crippen molar-refractivity contribution in [2.45, 2.75) is 26.4 Å². The molecule has 4 heteroatoms. The van der Waals surface area contributed by atoms with E-state index in [-0.39, 0.29) is 5.56 Å². The molecule has 0 aliphatic rings. The third-order valence-electron chi connectivity index (χ3n) is 2.03. The molecule has 72 valence electrons. The van der Waals surface area contributed by atoms with Crippen LogP contribution in [0.5, 0.6) is 0 Å². The average Bonchev–Trinajstić information content (AvgIpc) is 2.10. The number of rotatable bonds is 2. The minimum absolute atomic E-state index is 0.116. The molecule has 0 saturated carbocycles. The van der Waals surface area contributed by atoms with Gasteiger partial charge in [-0.3, -0.25) is 4.79 Å². The molecule has 1 atom stereocenters. The zero-order valence-corrected chi connectivity index (χ0v) is 9.75. The van der Waals surface area contributed by atoms with Crippen molar-refractivity contribution >= 4 is 22.6 Å². The van der Waals surface area contributed by atoms with Gasteiger partial charge in [0.15, 0.2) is 0 Å². The highest BCUT2D eigenvalue weighted by molar-refractivity contribution is 14.1. The normalized spacial score (nSPS) is 12.9. The van der Waals surface area contributed by atoms with Crippen molar-refractivity contribution in [1.82, 2.24) is 4.98 Å². The third-order valence-corrected chi connectivity index (χ3v) is 2.62. The van der Waals surface area contributed by atoms with Gasteiger partial charge in [-0.15, -0.1) is 0 Å². The quantitative estimate of drug-likeness (QED) is 0.644. The molecule has 2 N–H and O–H groups in total. The van der Waals surface area contributed by atoms with Gasteiger partial charge in [0.1, 0.15) is 0 Å². The Labute approximate surface area is 90.3 Å². The van der Waals surface area contributed by atoms with E-state index >= 15 is 0 Å². The van der Waals surface area contributed by atoms with Gasteiger partial charge in [-0.2, -0.15) is 0 Å². The number of hydrogen-bond acceptors (Lipinski definition) is 2. The summed E-state index contributed by atoms with van der Waals surface area (Å²) < 4.78 is 0.760. The number of aliphatic hydroxyl groups is 1. The zero-order valence-electron chi connectivity index (χ0n) is 7.60.